The summed E-state index contributed by atoms with van der Waals surface area (Å²) < 4.78 is 26.0. The van der Waals surface area contributed by atoms with Gasteiger partial charge in [0, 0.05) is 18.8 Å². The zero-order valence-electron chi connectivity index (χ0n) is 9.96. The number of hydrogen-bond acceptors (Lipinski definition) is 4. The molecule has 1 fully saturated rings. The average molecular weight is 269 g/mol. The van der Waals surface area contributed by atoms with Crippen LogP contribution in [0.1, 0.15) is 6.92 Å². The molecule has 1 saturated heterocycles. The van der Waals surface area contributed by atoms with Crippen molar-refractivity contribution in [2.75, 3.05) is 18.8 Å². The molecule has 1 heterocycles. The second-order valence-corrected chi connectivity index (χ2v) is 6.05. The van der Waals surface area contributed by atoms with Crippen LogP contribution in [0.5, 0.6) is 0 Å². The summed E-state index contributed by atoms with van der Waals surface area (Å²) in [7, 11) is -3.67. The van der Waals surface area contributed by atoms with Crippen molar-refractivity contribution in [3.8, 4) is 0 Å². The number of carbonyl (C=O) groups excluding carboxylic acids is 1. The molecule has 1 amide bonds. The number of rotatable bonds is 2. The summed E-state index contributed by atoms with van der Waals surface area (Å²) in [5, 5.41) is 2.63. The van der Waals surface area contributed by atoms with Gasteiger partial charge in [0.15, 0.2) is 0 Å². The van der Waals surface area contributed by atoms with Gasteiger partial charge < -0.3 is 11.1 Å². The third-order valence-corrected chi connectivity index (χ3v) is 4.87. The Balaban J connectivity index is 2.39. The highest BCUT2D eigenvalue weighted by atomic mass is 32.2. The maximum atomic E-state index is 12.4. The number of carbonyl (C=O) groups is 1. The molecule has 0 radical (unpaired) electrons. The molecule has 6 nitrogen and oxygen atoms in total. The van der Waals surface area contributed by atoms with Gasteiger partial charge in [-0.2, -0.15) is 4.31 Å². The van der Waals surface area contributed by atoms with E-state index in [-0.39, 0.29) is 17.3 Å². The Hall–Kier alpha value is -1.60. The number of sulfonamides is 1. The Morgan fingerprint density at radius 1 is 1.44 bits per heavy atom. The minimum Gasteiger partial charge on any atom is -0.399 e. The summed E-state index contributed by atoms with van der Waals surface area (Å²) >= 11 is 0. The number of hydrogen-bond donors (Lipinski definition) is 2. The molecule has 0 saturated carbocycles. The summed E-state index contributed by atoms with van der Waals surface area (Å²) in [5.41, 5.74) is 5.96. The van der Waals surface area contributed by atoms with Crippen LogP contribution in [0.15, 0.2) is 29.2 Å². The molecule has 18 heavy (non-hydrogen) atoms. The van der Waals surface area contributed by atoms with E-state index in [1.165, 1.54) is 16.4 Å². The lowest BCUT2D eigenvalue weighted by atomic mass is 10.2. The second-order valence-electron chi connectivity index (χ2n) is 4.16. The monoisotopic (exact) mass is 269 g/mol. The Morgan fingerprint density at radius 3 is 2.83 bits per heavy atom. The fourth-order valence-corrected chi connectivity index (χ4v) is 3.55. The number of nitrogens with zero attached hydrogens (tertiary/aromatic N) is 1. The molecular weight excluding hydrogens is 254 g/mol. The molecule has 1 atom stereocenters. The number of anilines is 1. The van der Waals surface area contributed by atoms with Crippen molar-refractivity contribution in [2.45, 2.75) is 17.9 Å². The zero-order chi connectivity index (χ0) is 13.3. The fourth-order valence-electron chi connectivity index (χ4n) is 1.90. The third kappa shape index (κ3) is 2.19. The molecule has 0 aliphatic carbocycles. The molecule has 98 valence electrons. The molecule has 0 aromatic heterocycles. The molecule has 1 aliphatic heterocycles. The largest absolute Gasteiger partial charge is 0.399 e. The van der Waals surface area contributed by atoms with Crippen LogP contribution in [0.3, 0.4) is 0 Å². The van der Waals surface area contributed by atoms with Gasteiger partial charge in [0.2, 0.25) is 15.9 Å². The highest BCUT2D eigenvalue weighted by Crippen LogP contribution is 2.21. The number of nitrogens with two attached hydrogens (primary N) is 1. The van der Waals surface area contributed by atoms with E-state index in [9.17, 15) is 13.2 Å². The van der Waals surface area contributed by atoms with E-state index >= 15 is 0 Å². The first kappa shape index (κ1) is 12.8. The summed E-state index contributed by atoms with van der Waals surface area (Å²) in [4.78, 5) is 11.6. The minimum absolute atomic E-state index is 0.115. The van der Waals surface area contributed by atoms with Crippen molar-refractivity contribution >= 4 is 21.6 Å². The van der Waals surface area contributed by atoms with Crippen LogP contribution in [0.2, 0.25) is 0 Å². The first-order valence-corrected chi connectivity index (χ1v) is 7.02. The lowest BCUT2D eigenvalue weighted by molar-refractivity contribution is -0.126. The van der Waals surface area contributed by atoms with E-state index in [4.69, 9.17) is 5.73 Å². The number of nitrogens with one attached hydrogen (secondary N) is 1. The van der Waals surface area contributed by atoms with Crippen LogP contribution < -0.4 is 11.1 Å². The molecule has 1 unspecified atom stereocenters. The third-order valence-electron chi connectivity index (χ3n) is 2.91. The summed E-state index contributed by atoms with van der Waals surface area (Å²) in [6.07, 6.45) is 0. The lowest BCUT2D eigenvalue weighted by Gasteiger charge is -2.31. The predicted molar refractivity (Wildman–Crippen MR) is 67.2 cm³/mol. The van der Waals surface area contributed by atoms with Crippen LogP contribution in [-0.4, -0.2) is 37.8 Å². The Morgan fingerprint density at radius 2 is 2.17 bits per heavy atom. The summed E-state index contributed by atoms with van der Waals surface area (Å²) in [6, 6.07) is 5.37. The molecule has 0 spiro atoms. The zero-order valence-corrected chi connectivity index (χ0v) is 10.8. The van der Waals surface area contributed by atoms with Gasteiger partial charge in [0.25, 0.3) is 0 Å². The first-order valence-electron chi connectivity index (χ1n) is 5.58. The van der Waals surface area contributed by atoms with E-state index in [1.54, 1.807) is 19.1 Å². The van der Waals surface area contributed by atoms with Crippen molar-refractivity contribution < 1.29 is 13.2 Å². The fraction of sp³-hybridized carbons (Fsp3) is 0.364. The van der Waals surface area contributed by atoms with Gasteiger partial charge in [-0.3, -0.25) is 4.79 Å². The SMILES string of the molecule is CC1C(=O)NCCN1S(=O)(=O)c1cccc(N)c1. The van der Waals surface area contributed by atoms with Crippen molar-refractivity contribution in [1.29, 1.82) is 0 Å². The predicted octanol–water partition coefficient (Wildman–Crippen LogP) is -0.222. The smallest absolute Gasteiger partial charge is 0.243 e. The minimum atomic E-state index is -3.67. The maximum Gasteiger partial charge on any atom is 0.243 e. The van der Waals surface area contributed by atoms with Gasteiger partial charge in [-0.05, 0) is 25.1 Å². The van der Waals surface area contributed by atoms with Crippen molar-refractivity contribution in [2.24, 2.45) is 0 Å². The highest BCUT2D eigenvalue weighted by Gasteiger charge is 2.35. The number of amides is 1. The molecule has 3 N–H and O–H groups in total. The Labute approximate surface area is 106 Å². The molecule has 1 aromatic rings. The normalized spacial score (nSPS) is 21.6. The van der Waals surface area contributed by atoms with Crippen LogP contribution in [0.4, 0.5) is 5.69 Å². The van der Waals surface area contributed by atoms with E-state index in [0.29, 0.717) is 12.2 Å². The van der Waals surface area contributed by atoms with Crippen molar-refractivity contribution in [3.05, 3.63) is 24.3 Å². The second kappa shape index (κ2) is 4.58. The maximum absolute atomic E-state index is 12.4. The van der Waals surface area contributed by atoms with E-state index in [1.807, 2.05) is 0 Å². The number of nitrogen functional groups attached to an aromatic ring is 1. The van der Waals surface area contributed by atoms with Gasteiger partial charge in [-0.25, -0.2) is 8.42 Å². The van der Waals surface area contributed by atoms with Gasteiger partial charge >= 0.3 is 0 Å². The molecule has 0 bridgehead atoms. The summed E-state index contributed by atoms with van der Waals surface area (Å²) in [6.45, 7) is 2.16. The van der Waals surface area contributed by atoms with Gasteiger partial charge in [0.1, 0.15) is 6.04 Å². The molecular formula is C11H15N3O3S. The standard InChI is InChI=1S/C11H15N3O3S/c1-8-11(15)13-5-6-14(8)18(16,17)10-4-2-3-9(12)7-10/h2-4,7-8H,5-6,12H2,1H3,(H,13,15). The van der Waals surface area contributed by atoms with Crippen molar-refractivity contribution in [3.63, 3.8) is 0 Å². The van der Waals surface area contributed by atoms with E-state index in [0.717, 1.165) is 0 Å². The van der Waals surface area contributed by atoms with Gasteiger partial charge in [0.05, 0.1) is 4.90 Å². The Kier molecular flexibility index (Phi) is 3.27. The lowest BCUT2D eigenvalue weighted by Crippen LogP contribution is -2.55. The topological polar surface area (TPSA) is 92.5 Å². The van der Waals surface area contributed by atoms with Gasteiger partial charge in [-0.15, -0.1) is 0 Å². The van der Waals surface area contributed by atoms with Crippen LogP contribution >= 0.6 is 0 Å². The van der Waals surface area contributed by atoms with Crippen molar-refractivity contribution in [1.82, 2.24) is 9.62 Å². The number of piperazine rings is 1. The molecule has 1 aromatic carbocycles. The molecule has 7 heteroatoms. The van der Waals surface area contributed by atoms with E-state index in [2.05, 4.69) is 5.32 Å². The molecule has 1 aliphatic rings. The first-order chi connectivity index (χ1) is 8.43. The average Bonchev–Trinajstić information content (AvgIpc) is 2.32. The Bertz CT molecular complexity index is 571. The van der Waals surface area contributed by atoms with E-state index < -0.39 is 16.1 Å². The van der Waals surface area contributed by atoms with Gasteiger partial charge in [-0.1, -0.05) is 6.07 Å². The quantitative estimate of drug-likeness (QED) is 0.726. The van der Waals surface area contributed by atoms with Crippen LogP contribution in [-0.2, 0) is 14.8 Å². The summed E-state index contributed by atoms with van der Waals surface area (Å²) in [5.74, 6) is -0.284. The molecule has 2 rings (SSSR count). The highest BCUT2D eigenvalue weighted by molar-refractivity contribution is 7.89. The van der Waals surface area contributed by atoms with Crippen LogP contribution in [0, 0.1) is 0 Å². The van der Waals surface area contributed by atoms with Crippen LogP contribution in [0.25, 0.3) is 0 Å². The number of benzene rings is 1.